The number of hydrogen-bond acceptors (Lipinski definition) is 2. The van der Waals surface area contributed by atoms with Crippen molar-refractivity contribution in [1.29, 1.82) is 0 Å². The summed E-state index contributed by atoms with van der Waals surface area (Å²) in [6.45, 7) is 2.28. The third-order valence-electron chi connectivity index (χ3n) is 1.65. The van der Waals surface area contributed by atoms with Crippen LogP contribution in [0.25, 0.3) is 0 Å². The lowest BCUT2D eigenvalue weighted by Gasteiger charge is -2.05. The van der Waals surface area contributed by atoms with Gasteiger partial charge in [-0.3, -0.25) is 4.98 Å². The van der Waals surface area contributed by atoms with Crippen molar-refractivity contribution >= 4 is 0 Å². The maximum absolute atomic E-state index is 8.78. The molecule has 0 aliphatic carbocycles. The molecule has 0 amide bonds. The minimum Gasteiger partial charge on any atom is -0.396 e. The molecule has 1 aromatic rings. The summed E-state index contributed by atoms with van der Waals surface area (Å²) in [6.07, 6.45) is 4.48. The monoisotopic (exact) mass is 151 g/mol. The minimum absolute atomic E-state index is 0.252. The maximum Gasteiger partial charge on any atom is 0.0459 e. The van der Waals surface area contributed by atoms with Gasteiger partial charge in [0.15, 0.2) is 0 Å². The van der Waals surface area contributed by atoms with Gasteiger partial charge < -0.3 is 5.11 Å². The number of aliphatic hydroxyl groups excluding tert-OH is 1. The SMILES string of the molecule is CC(CO)Cc1ccncc1. The van der Waals surface area contributed by atoms with Crippen molar-refractivity contribution in [3.8, 4) is 0 Å². The molecule has 0 aliphatic heterocycles. The van der Waals surface area contributed by atoms with Crippen LogP contribution in [0, 0.1) is 5.92 Å². The zero-order chi connectivity index (χ0) is 8.10. The Hall–Kier alpha value is -0.890. The van der Waals surface area contributed by atoms with E-state index in [9.17, 15) is 0 Å². The van der Waals surface area contributed by atoms with E-state index in [2.05, 4.69) is 4.98 Å². The van der Waals surface area contributed by atoms with Crippen molar-refractivity contribution in [3.05, 3.63) is 30.1 Å². The lowest BCUT2D eigenvalue weighted by molar-refractivity contribution is 0.237. The van der Waals surface area contributed by atoms with Gasteiger partial charge in [-0.25, -0.2) is 0 Å². The first-order valence-corrected chi connectivity index (χ1v) is 3.82. The first kappa shape index (κ1) is 8.21. The number of pyridine rings is 1. The van der Waals surface area contributed by atoms with Crippen LogP contribution in [0.3, 0.4) is 0 Å². The van der Waals surface area contributed by atoms with Crippen LogP contribution in [0.15, 0.2) is 24.5 Å². The first-order valence-electron chi connectivity index (χ1n) is 3.82. The fourth-order valence-corrected chi connectivity index (χ4v) is 0.986. The van der Waals surface area contributed by atoms with Crippen molar-refractivity contribution in [2.75, 3.05) is 6.61 Å². The smallest absolute Gasteiger partial charge is 0.0459 e. The van der Waals surface area contributed by atoms with E-state index in [4.69, 9.17) is 5.11 Å². The van der Waals surface area contributed by atoms with Gasteiger partial charge in [-0.05, 0) is 30.0 Å². The maximum atomic E-state index is 8.78. The highest BCUT2D eigenvalue weighted by molar-refractivity contribution is 5.10. The Morgan fingerprint density at radius 2 is 2.09 bits per heavy atom. The number of aromatic nitrogens is 1. The predicted molar refractivity (Wildman–Crippen MR) is 44.2 cm³/mol. The lowest BCUT2D eigenvalue weighted by atomic mass is 10.0. The van der Waals surface area contributed by atoms with Crippen LogP contribution in [0.4, 0.5) is 0 Å². The van der Waals surface area contributed by atoms with Crippen LogP contribution in [0.2, 0.25) is 0 Å². The van der Waals surface area contributed by atoms with Gasteiger partial charge in [-0.15, -0.1) is 0 Å². The van der Waals surface area contributed by atoms with E-state index in [0.29, 0.717) is 5.92 Å². The molecule has 1 heterocycles. The molecule has 1 atom stereocenters. The van der Waals surface area contributed by atoms with Gasteiger partial charge in [0.25, 0.3) is 0 Å². The summed E-state index contributed by atoms with van der Waals surface area (Å²) in [7, 11) is 0. The highest BCUT2D eigenvalue weighted by Crippen LogP contribution is 2.05. The molecule has 1 N–H and O–H groups in total. The zero-order valence-electron chi connectivity index (χ0n) is 6.70. The van der Waals surface area contributed by atoms with Crippen molar-refractivity contribution in [2.45, 2.75) is 13.3 Å². The van der Waals surface area contributed by atoms with Gasteiger partial charge in [0.1, 0.15) is 0 Å². The molecule has 0 aliphatic rings. The van der Waals surface area contributed by atoms with Crippen LogP contribution in [-0.4, -0.2) is 16.7 Å². The fraction of sp³-hybridized carbons (Fsp3) is 0.444. The fourth-order valence-electron chi connectivity index (χ4n) is 0.986. The number of nitrogens with zero attached hydrogens (tertiary/aromatic N) is 1. The molecule has 1 unspecified atom stereocenters. The Morgan fingerprint density at radius 3 is 2.64 bits per heavy atom. The van der Waals surface area contributed by atoms with E-state index in [1.807, 2.05) is 19.1 Å². The number of rotatable bonds is 3. The Morgan fingerprint density at radius 1 is 1.45 bits per heavy atom. The molecule has 60 valence electrons. The summed E-state index contributed by atoms with van der Waals surface area (Å²) in [5, 5.41) is 8.78. The summed E-state index contributed by atoms with van der Waals surface area (Å²) in [5.74, 6) is 0.345. The molecule has 1 rings (SSSR count). The summed E-state index contributed by atoms with van der Waals surface area (Å²) in [4.78, 5) is 3.92. The Balaban J connectivity index is 2.51. The number of aliphatic hydroxyl groups is 1. The average molecular weight is 151 g/mol. The van der Waals surface area contributed by atoms with E-state index in [1.54, 1.807) is 12.4 Å². The Bertz CT molecular complexity index is 198. The molecule has 11 heavy (non-hydrogen) atoms. The largest absolute Gasteiger partial charge is 0.396 e. The molecule has 2 heteroatoms. The number of hydrogen-bond donors (Lipinski definition) is 1. The van der Waals surface area contributed by atoms with Gasteiger partial charge in [0.2, 0.25) is 0 Å². The van der Waals surface area contributed by atoms with Crippen LogP contribution in [0.5, 0.6) is 0 Å². The molecule has 1 aromatic heterocycles. The molecule has 0 fully saturated rings. The highest BCUT2D eigenvalue weighted by Gasteiger charge is 2.00. The lowest BCUT2D eigenvalue weighted by Crippen LogP contribution is -2.04. The van der Waals surface area contributed by atoms with Gasteiger partial charge in [0, 0.05) is 19.0 Å². The topological polar surface area (TPSA) is 33.1 Å². The van der Waals surface area contributed by atoms with Gasteiger partial charge >= 0.3 is 0 Å². The summed E-state index contributed by atoms with van der Waals surface area (Å²) < 4.78 is 0. The van der Waals surface area contributed by atoms with Crippen LogP contribution >= 0.6 is 0 Å². The van der Waals surface area contributed by atoms with E-state index in [1.165, 1.54) is 5.56 Å². The summed E-state index contributed by atoms with van der Waals surface area (Å²) >= 11 is 0. The third-order valence-corrected chi connectivity index (χ3v) is 1.65. The molecule has 0 radical (unpaired) electrons. The van der Waals surface area contributed by atoms with E-state index in [-0.39, 0.29) is 6.61 Å². The standard InChI is InChI=1S/C9H13NO/c1-8(7-11)6-9-2-4-10-5-3-9/h2-5,8,11H,6-7H2,1H3. The molecular weight excluding hydrogens is 138 g/mol. The molecule has 0 bridgehead atoms. The van der Waals surface area contributed by atoms with Crippen molar-refractivity contribution in [1.82, 2.24) is 4.98 Å². The quantitative estimate of drug-likeness (QED) is 0.705. The third kappa shape index (κ3) is 2.68. The van der Waals surface area contributed by atoms with Gasteiger partial charge in [-0.1, -0.05) is 6.92 Å². The molecule has 0 saturated carbocycles. The predicted octanol–water partition coefficient (Wildman–Crippen LogP) is 1.25. The Kier molecular flexibility index (Phi) is 3.05. The highest BCUT2D eigenvalue weighted by atomic mass is 16.3. The molecule has 0 spiro atoms. The second kappa shape index (κ2) is 4.09. The Labute approximate surface area is 66.9 Å². The van der Waals surface area contributed by atoms with Crippen LogP contribution in [-0.2, 0) is 6.42 Å². The van der Waals surface area contributed by atoms with Crippen molar-refractivity contribution in [2.24, 2.45) is 5.92 Å². The average Bonchev–Trinajstić information content (AvgIpc) is 2.06. The first-order chi connectivity index (χ1) is 5.33. The van der Waals surface area contributed by atoms with E-state index < -0.39 is 0 Å². The van der Waals surface area contributed by atoms with Crippen LogP contribution in [0.1, 0.15) is 12.5 Å². The second-order valence-corrected chi connectivity index (χ2v) is 2.85. The van der Waals surface area contributed by atoms with Gasteiger partial charge in [-0.2, -0.15) is 0 Å². The molecule has 0 saturated heterocycles. The van der Waals surface area contributed by atoms with Crippen molar-refractivity contribution in [3.63, 3.8) is 0 Å². The zero-order valence-corrected chi connectivity index (χ0v) is 6.70. The normalized spacial score (nSPS) is 12.9. The van der Waals surface area contributed by atoms with E-state index >= 15 is 0 Å². The van der Waals surface area contributed by atoms with Crippen LogP contribution < -0.4 is 0 Å². The van der Waals surface area contributed by atoms with Crippen molar-refractivity contribution < 1.29 is 5.11 Å². The summed E-state index contributed by atoms with van der Waals surface area (Å²) in [6, 6.07) is 3.96. The van der Waals surface area contributed by atoms with Gasteiger partial charge in [0.05, 0.1) is 0 Å². The molecule has 0 aromatic carbocycles. The van der Waals surface area contributed by atoms with E-state index in [0.717, 1.165) is 6.42 Å². The second-order valence-electron chi connectivity index (χ2n) is 2.85. The minimum atomic E-state index is 0.252. The molecule has 2 nitrogen and oxygen atoms in total. The molecular formula is C9H13NO. The summed E-state index contributed by atoms with van der Waals surface area (Å²) in [5.41, 5.74) is 1.24.